The predicted octanol–water partition coefficient (Wildman–Crippen LogP) is 3.63. The molecule has 1 aliphatic carbocycles. The molecule has 5 N–H and O–H groups in total. The number of aromatic nitrogens is 3. The Morgan fingerprint density at radius 3 is 2.33 bits per heavy atom. The summed E-state index contributed by atoms with van der Waals surface area (Å²) in [6.45, 7) is 0.163. The molecule has 0 unspecified atom stereocenters. The molecule has 2 aromatic heterocycles. The van der Waals surface area contributed by atoms with Gasteiger partial charge in [-0.05, 0) is 35.9 Å². The van der Waals surface area contributed by atoms with Crippen molar-refractivity contribution in [3.05, 3.63) is 77.8 Å². The van der Waals surface area contributed by atoms with E-state index in [0.29, 0.717) is 29.8 Å². The highest BCUT2D eigenvalue weighted by Crippen LogP contribution is 2.39. The summed E-state index contributed by atoms with van der Waals surface area (Å²) >= 11 is 0. The standard InChI is InChI=1S/C18H18F3N4O2.C5H5N3O/c1-27-13-4-5-15(14(8-13)18(19,20)21)25-12-3-2-11(23-10-12)9-24-16(26)17(22)6-7-17;6-5(9)4-1-7-3-8-2-4/h2-5,8,10,22,25H,6-7,9H2,1H3,(H,24,26);1-3H,(H2,6,9)/q-1;. The Morgan fingerprint density at radius 1 is 1.14 bits per heavy atom. The molecule has 2 amide bonds. The number of hydrogen-bond acceptors (Lipinski definition) is 7. The summed E-state index contributed by atoms with van der Waals surface area (Å²) in [7, 11) is 1.30. The smallest absolute Gasteiger partial charge is 0.418 e. The number of halogens is 3. The van der Waals surface area contributed by atoms with Crippen molar-refractivity contribution in [3.8, 4) is 5.75 Å². The van der Waals surface area contributed by atoms with Crippen molar-refractivity contribution in [2.75, 3.05) is 12.4 Å². The number of anilines is 2. The van der Waals surface area contributed by atoms with Crippen LogP contribution in [0.5, 0.6) is 5.75 Å². The maximum atomic E-state index is 13.2. The van der Waals surface area contributed by atoms with Crippen LogP contribution in [0.4, 0.5) is 24.5 Å². The van der Waals surface area contributed by atoms with Crippen LogP contribution in [-0.2, 0) is 17.5 Å². The number of carbonyl (C=O) groups is 2. The van der Waals surface area contributed by atoms with Crippen molar-refractivity contribution in [1.82, 2.24) is 20.3 Å². The van der Waals surface area contributed by atoms with Gasteiger partial charge >= 0.3 is 6.18 Å². The number of primary amides is 1. The molecule has 1 aromatic carbocycles. The van der Waals surface area contributed by atoms with Crippen LogP contribution in [0, 0.1) is 0 Å². The molecular weight excluding hydrogens is 479 g/mol. The first-order valence-electron chi connectivity index (χ1n) is 10.6. The molecule has 0 atom stereocenters. The third kappa shape index (κ3) is 7.12. The van der Waals surface area contributed by atoms with E-state index < -0.39 is 23.2 Å². The molecule has 1 saturated carbocycles. The number of ether oxygens (including phenoxy) is 1. The summed E-state index contributed by atoms with van der Waals surface area (Å²) in [6.07, 6.45) is 2.04. The zero-order chi connectivity index (χ0) is 26.3. The summed E-state index contributed by atoms with van der Waals surface area (Å²) in [6, 6.07) is 6.83. The van der Waals surface area contributed by atoms with E-state index in [-0.39, 0.29) is 23.9 Å². The zero-order valence-corrected chi connectivity index (χ0v) is 19.1. The van der Waals surface area contributed by atoms with Gasteiger partial charge in [0.2, 0.25) is 5.91 Å². The highest BCUT2D eigenvalue weighted by molar-refractivity contribution is 5.92. The number of hydrogen-bond donors (Lipinski definition) is 3. The number of carbonyl (C=O) groups excluding carboxylic acids is 2. The molecule has 2 heterocycles. The molecule has 0 saturated heterocycles. The van der Waals surface area contributed by atoms with E-state index in [1.807, 2.05) is 0 Å². The number of benzene rings is 1. The van der Waals surface area contributed by atoms with Crippen LogP contribution in [0.1, 0.15) is 34.5 Å². The number of nitrogens with zero attached hydrogens (tertiary/aromatic N) is 3. The lowest BCUT2D eigenvalue weighted by Crippen LogP contribution is -2.33. The van der Waals surface area contributed by atoms with Gasteiger partial charge in [0.05, 0.1) is 48.0 Å². The average Bonchev–Trinajstić information content (AvgIpc) is 3.62. The summed E-state index contributed by atoms with van der Waals surface area (Å²) in [5.41, 5.74) is 11.9. The van der Waals surface area contributed by atoms with Crippen molar-refractivity contribution >= 4 is 23.2 Å². The summed E-state index contributed by atoms with van der Waals surface area (Å²) in [4.78, 5) is 33.4. The molecule has 1 fully saturated rings. The van der Waals surface area contributed by atoms with Crippen molar-refractivity contribution in [3.63, 3.8) is 0 Å². The Balaban J connectivity index is 0.000000338. The summed E-state index contributed by atoms with van der Waals surface area (Å²) in [5.74, 6) is -0.727. The van der Waals surface area contributed by atoms with Gasteiger partial charge in [0.1, 0.15) is 12.1 Å². The Labute approximate surface area is 204 Å². The number of rotatable bonds is 7. The molecule has 0 radical (unpaired) electrons. The fourth-order valence-corrected chi connectivity index (χ4v) is 2.87. The molecule has 0 bridgehead atoms. The van der Waals surface area contributed by atoms with Crippen LogP contribution in [-0.4, -0.2) is 39.4 Å². The highest BCUT2D eigenvalue weighted by Gasteiger charge is 2.37. The molecule has 13 heteroatoms. The van der Waals surface area contributed by atoms with Crippen LogP contribution in [0.15, 0.2) is 55.2 Å². The van der Waals surface area contributed by atoms with E-state index in [1.165, 1.54) is 44.2 Å². The van der Waals surface area contributed by atoms with Crippen LogP contribution in [0.25, 0.3) is 5.73 Å². The minimum Gasteiger partial charge on any atom is -0.664 e. The minimum atomic E-state index is -4.54. The summed E-state index contributed by atoms with van der Waals surface area (Å²) in [5, 5.41) is 5.34. The van der Waals surface area contributed by atoms with Crippen LogP contribution in [0.2, 0.25) is 0 Å². The second-order valence-electron chi connectivity index (χ2n) is 7.83. The van der Waals surface area contributed by atoms with Crippen molar-refractivity contribution in [2.45, 2.75) is 31.1 Å². The predicted molar refractivity (Wildman–Crippen MR) is 124 cm³/mol. The number of nitrogens with one attached hydrogen (secondary N) is 3. The van der Waals surface area contributed by atoms with Gasteiger partial charge in [-0.1, -0.05) is 12.8 Å². The maximum absolute atomic E-state index is 13.2. The lowest BCUT2D eigenvalue weighted by atomic mass is 10.1. The monoisotopic (exact) mass is 502 g/mol. The first kappa shape index (κ1) is 26.3. The fraction of sp³-hybridized carbons (Fsp3) is 0.261. The maximum Gasteiger partial charge on any atom is 0.418 e. The van der Waals surface area contributed by atoms with Crippen LogP contribution >= 0.6 is 0 Å². The second-order valence-corrected chi connectivity index (χ2v) is 7.83. The van der Waals surface area contributed by atoms with Gasteiger partial charge in [-0.2, -0.15) is 13.2 Å². The van der Waals surface area contributed by atoms with E-state index >= 15 is 0 Å². The highest BCUT2D eigenvalue weighted by atomic mass is 19.4. The van der Waals surface area contributed by atoms with Gasteiger partial charge in [0, 0.05) is 12.4 Å². The molecule has 0 aliphatic heterocycles. The Hall–Kier alpha value is -4.26. The second kappa shape index (κ2) is 11.0. The SMILES string of the molecule is COc1ccc(Nc2ccc(CNC(=O)C3([NH-])CC3)nc2)c(C(F)(F)F)c1.NC(=O)c1cncnc1. The number of pyridine rings is 1. The minimum absolute atomic E-state index is 0.111. The molecule has 1 aliphatic rings. The van der Waals surface area contributed by atoms with E-state index in [0.717, 1.165) is 6.07 Å². The molecule has 10 nitrogen and oxygen atoms in total. The summed E-state index contributed by atoms with van der Waals surface area (Å²) < 4.78 is 44.6. The van der Waals surface area contributed by atoms with Crippen LogP contribution in [0.3, 0.4) is 0 Å². The zero-order valence-electron chi connectivity index (χ0n) is 19.1. The molecule has 190 valence electrons. The van der Waals surface area contributed by atoms with Gasteiger partial charge < -0.3 is 26.8 Å². The molecular formula is C23H23F3N7O3-. The number of nitrogens with two attached hydrogens (primary N) is 1. The lowest BCUT2D eigenvalue weighted by molar-refractivity contribution is -0.137. The Kier molecular flexibility index (Phi) is 8.04. The first-order valence-corrected chi connectivity index (χ1v) is 10.6. The Bertz CT molecular complexity index is 1200. The fourth-order valence-electron chi connectivity index (χ4n) is 2.87. The van der Waals surface area contributed by atoms with Gasteiger partial charge in [0.15, 0.2) is 0 Å². The third-order valence-electron chi connectivity index (χ3n) is 5.10. The quantitative estimate of drug-likeness (QED) is 0.445. The van der Waals surface area contributed by atoms with Crippen molar-refractivity contribution in [1.29, 1.82) is 0 Å². The van der Waals surface area contributed by atoms with Crippen molar-refractivity contribution < 1.29 is 27.5 Å². The van der Waals surface area contributed by atoms with Gasteiger partial charge in [-0.3, -0.25) is 14.6 Å². The first-order chi connectivity index (χ1) is 17.0. The van der Waals surface area contributed by atoms with E-state index in [1.54, 1.807) is 12.1 Å². The molecule has 3 aromatic rings. The van der Waals surface area contributed by atoms with Gasteiger partial charge in [-0.25, -0.2) is 9.97 Å². The largest absolute Gasteiger partial charge is 0.664 e. The van der Waals surface area contributed by atoms with Crippen molar-refractivity contribution in [2.24, 2.45) is 5.73 Å². The lowest BCUT2D eigenvalue weighted by Gasteiger charge is -2.17. The average molecular weight is 502 g/mol. The van der Waals surface area contributed by atoms with E-state index in [9.17, 15) is 22.8 Å². The third-order valence-corrected chi connectivity index (χ3v) is 5.10. The molecule has 36 heavy (non-hydrogen) atoms. The number of alkyl halides is 3. The Morgan fingerprint density at radius 2 is 1.83 bits per heavy atom. The molecule has 0 spiro atoms. The number of amides is 2. The van der Waals surface area contributed by atoms with Crippen LogP contribution < -0.4 is 21.1 Å². The number of methoxy groups -OCH3 is 1. The van der Waals surface area contributed by atoms with Gasteiger partial charge in [-0.15, -0.1) is 0 Å². The van der Waals surface area contributed by atoms with Gasteiger partial charge in [0.25, 0.3) is 5.91 Å². The van der Waals surface area contributed by atoms with E-state index in [2.05, 4.69) is 25.6 Å². The normalized spacial score (nSPS) is 13.6. The van der Waals surface area contributed by atoms with E-state index in [4.69, 9.17) is 16.2 Å². The molecule has 4 rings (SSSR count). The topological polar surface area (TPSA) is 156 Å².